The fourth-order valence-electron chi connectivity index (χ4n) is 3.60. The van der Waals surface area contributed by atoms with Crippen LogP contribution in [-0.2, 0) is 21.2 Å². The molecular formula is C26H27FN4O4S. The van der Waals surface area contributed by atoms with Crippen LogP contribution in [0, 0.1) is 12.7 Å². The molecule has 1 atom stereocenters. The molecule has 0 radical (unpaired) electrons. The van der Waals surface area contributed by atoms with E-state index in [9.17, 15) is 22.4 Å². The predicted octanol–water partition coefficient (Wildman–Crippen LogP) is 3.33. The highest BCUT2D eigenvalue weighted by molar-refractivity contribution is 7.90. The van der Waals surface area contributed by atoms with E-state index in [1.54, 1.807) is 55.5 Å². The Morgan fingerprint density at radius 2 is 1.69 bits per heavy atom. The van der Waals surface area contributed by atoms with Crippen LogP contribution in [0.3, 0.4) is 0 Å². The molecule has 0 spiro atoms. The standard InChI is InChI=1S/C26H27FN4O4S/c1-17-9-7-8-12-24(17)36(34,35)30-26(33)29-23(15-19-10-5-4-6-11-19)25(32)31(3)20-13-14-22(27)21(16-20)18(2)28/h4-14,16,23H,2,15,28H2,1,3H3,(H2,29,30,33)/t23-/m0/s1. The summed E-state index contributed by atoms with van der Waals surface area (Å²) in [5.74, 6) is -1.14. The van der Waals surface area contributed by atoms with E-state index >= 15 is 0 Å². The van der Waals surface area contributed by atoms with Gasteiger partial charge in [-0.1, -0.05) is 55.1 Å². The molecule has 36 heavy (non-hydrogen) atoms. The van der Waals surface area contributed by atoms with Crippen molar-refractivity contribution in [1.29, 1.82) is 0 Å². The van der Waals surface area contributed by atoms with Crippen molar-refractivity contribution in [2.45, 2.75) is 24.3 Å². The molecule has 0 unspecified atom stereocenters. The van der Waals surface area contributed by atoms with Crippen molar-refractivity contribution in [1.82, 2.24) is 10.0 Å². The topological polar surface area (TPSA) is 122 Å². The van der Waals surface area contributed by atoms with Crippen LogP contribution in [0.2, 0.25) is 0 Å². The molecule has 0 heterocycles. The zero-order chi connectivity index (χ0) is 26.5. The monoisotopic (exact) mass is 510 g/mol. The van der Waals surface area contributed by atoms with E-state index in [4.69, 9.17) is 5.73 Å². The van der Waals surface area contributed by atoms with Gasteiger partial charge < -0.3 is 16.0 Å². The molecule has 3 rings (SSSR count). The average Bonchev–Trinajstić information content (AvgIpc) is 2.83. The van der Waals surface area contributed by atoms with Crippen molar-refractivity contribution in [3.05, 3.63) is 102 Å². The first kappa shape index (κ1) is 26.4. The lowest BCUT2D eigenvalue weighted by molar-refractivity contribution is -0.120. The minimum atomic E-state index is -4.18. The lowest BCUT2D eigenvalue weighted by Crippen LogP contribution is -2.52. The Morgan fingerprint density at radius 3 is 2.33 bits per heavy atom. The van der Waals surface area contributed by atoms with Gasteiger partial charge in [-0.25, -0.2) is 22.3 Å². The number of hydrogen-bond donors (Lipinski definition) is 3. The lowest BCUT2D eigenvalue weighted by Gasteiger charge is -2.25. The summed E-state index contributed by atoms with van der Waals surface area (Å²) < 4.78 is 41.5. The van der Waals surface area contributed by atoms with E-state index in [-0.39, 0.29) is 22.6 Å². The normalized spacial score (nSPS) is 11.9. The van der Waals surface area contributed by atoms with E-state index in [1.165, 1.54) is 30.1 Å². The molecule has 10 heteroatoms. The van der Waals surface area contributed by atoms with E-state index < -0.39 is 33.8 Å². The van der Waals surface area contributed by atoms with Crippen molar-refractivity contribution in [2.24, 2.45) is 5.73 Å². The SMILES string of the molecule is C=C(N)c1cc(N(C)C(=O)[C@H](Cc2ccccc2)NC(=O)NS(=O)(=O)c2ccccc2C)ccc1F. The molecule has 3 aromatic rings. The second kappa shape index (κ2) is 11.0. The van der Waals surface area contributed by atoms with Gasteiger partial charge in [0.1, 0.15) is 11.9 Å². The summed E-state index contributed by atoms with van der Waals surface area (Å²) in [5, 5.41) is 2.47. The molecule has 0 aliphatic carbocycles. The largest absolute Gasteiger partial charge is 0.399 e. The number of anilines is 1. The fourth-order valence-corrected chi connectivity index (χ4v) is 4.76. The zero-order valence-electron chi connectivity index (χ0n) is 19.9. The van der Waals surface area contributed by atoms with Gasteiger partial charge in [-0.2, -0.15) is 0 Å². The Morgan fingerprint density at radius 1 is 1.06 bits per heavy atom. The predicted molar refractivity (Wildman–Crippen MR) is 137 cm³/mol. The Bertz CT molecular complexity index is 1390. The summed E-state index contributed by atoms with van der Waals surface area (Å²) in [6.45, 7) is 5.15. The fraction of sp³-hybridized carbons (Fsp3) is 0.154. The third-order valence-corrected chi connectivity index (χ3v) is 7.00. The zero-order valence-corrected chi connectivity index (χ0v) is 20.7. The number of aryl methyl sites for hydroxylation is 1. The second-order valence-corrected chi connectivity index (χ2v) is 9.82. The van der Waals surface area contributed by atoms with Crippen LogP contribution >= 0.6 is 0 Å². The molecule has 0 aliphatic heterocycles. The first-order valence-electron chi connectivity index (χ1n) is 10.9. The average molecular weight is 511 g/mol. The molecule has 0 bridgehead atoms. The molecule has 3 amide bonds. The Labute approximate surface area is 209 Å². The number of rotatable bonds is 8. The third kappa shape index (κ3) is 6.28. The van der Waals surface area contributed by atoms with Crippen LogP contribution in [0.15, 0.2) is 84.3 Å². The van der Waals surface area contributed by atoms with Gasteiger partial charge in [0.05, 0.1) is 4.90 Å². The van der Waals surface area contributed by atoms with E-state index in [2.05, 4.69) is 11.9 Å². The number of carbonyl (C=O) groups is 2. The van der Waals surface area contributed by atoms with Crippen molar-refractivity contribution in [3.63, 3.8) is 0 Å². The van der Waals surface area contributed by atoms with Crippen molar-refractivity contribution >= 4 is 33.3 Å². The van der Waals surface area contributed by atoms with Gasteiger partial charge >= 0.3 is 6.03 Å². The number of nitrogens with one attached hydrogen (secondary N) is 2. The lowest BCUT2D eigenvalue weighted by atomic mass is 10.0. The number of nitrogens with zero attached hydrogens (tertiary/aromatic N) is 1. The summed E-state index contributed by atoms with van der Waals surface area (Å²) in [6, 6.07) is 16.9. The quantitative estimate of drug-likeness (QED) is 0.429. The number of urea groups is 1. The molecule has 0 saturated heterocycles. The number of likely N-dealkylation sites (N-methyl/N-ethyl adjacent to an activating group) is 1. The van der Waals surface area contributed by atoms with E-state index in [0.29, 0.717) is 11.3 Å². The van der Waals surface area contributed by atoms with Crippen molar-refractivity contribution < 1.29 is 22.4 Å². The molecule has 0 saturated carbocycles. The summed E-state index contributed by atoms with van der Waals surface area (Å²) >= 11 is 0. The first-order valence-corrected chi connectivity index (χ1v) is 12.4. The molecule has 0 aliphatic rings. The van der Waals surface area contributed by atoms with Crippen LogP contribution < -0.4 is 20.7 Å². The van der Waals surface area contributed by atoms with Gasteiger partial charge in [0.25, 0.3) is 10.0 Å². The van der Waals surface area contributed by atoms with Crippen LogP contribution in [0.1, 0.15) is 16.7 Å². The number of halogens is 1. The van der Waals surface area contributed by atoms with E-state index in [0.717, 1.165) is 11.6 Å². The second-order valence-electron chi connectivity index (χ2n) is 8.17. The molecule has 4 N–H and O–H groups in total. The number of amides is 3. The van der Waals surface area contributed by atoms with Crippen LogP contribution in [0.25, 0.3) is 5.70 Å². The minimum absolute atomic E-state index is 0.00468. The Kier molecular flexibility index (Phi) is 8.11. The summed E-state index contributed by atoms with van der Waals surface area (Å²) in [4.78, 5) is 27.4. The molecule has 0 aromatic heterocycles. The Balaban J connectivity index is 1.87. The van der Waals surface area contributed by atoms with Gasteiger partial charge in [0.15, 0.2) is 0 Å². The van der Waals surface area contributed by atoms with Crippen LogP contribution in [0.4, 0.5) is 14.9 Å². The number of carbonyl (C=O) groups excluding carboxylic acids is 2. The number of hydrogen-bond acceptors (Lipinski definition) is 5. The van der Waals surface area contributed by atoms with Gasteiger partial charge in [0.2, 0.25) is 5.91 Å². The molecule has 0 fully saturated rings. The van der Waals surface area contributed by atoms with Gasteiger partial charge in [-0.05, 0) is 42.3 Å². The van der Waals surface area contributed by atoms with E-state index in [1.807, 2.05) is 4.72 Å². The molecule has 188 valence electrons. The number of benzene rings is 3. The Hall–Kier alpha value is -4.18. The van der Waals surface area contributed by atoms with Gasteiger partial charge in [-0.3, -0.25) is 4.79 Å². The van der Waals surface area contributed by atoms with Crippen LogP contribution in [-0.4, -0.2) is 33.4 Å². The summed E-state index contributed by atoms with van der Waals surface area (Å²) in [7, 11) is -2.72. The molecule has 3 aromatic carbocycles. The van der Waals surface area contributed by atoms with Crippen LogP contribution in [0.5, 0.6) is 0 Å². The van der Waals surface area contributed by atoms with Gasteiger partial charge in [0, 0.05) is 30.4 Å². The van der Waals surface area contributed by atoms with Crippen molar-refractivity contribution in [3.8, 4) is 0 Å². The highest BCUT2D eigenvalue weighted by atomic mass is 32.2. The maximum atomic E-state index is 14.1. The smallest absolute Gasteiger partial charge is 0.329 e. The van der Waals surface area contributed by atoms with Gasteiger partial charge in [-0.15, -0.1) is 0 Å². The highest BCUT2D eigenvalue weighted by Gasteiger charge is 2.28. The van der Waals surface area contributed by atoms with Crippen molar-refractivity contribution in [2.75, 3.05) is 11.9 Å². The summed E-state index contributed by atoms with van der Waals surface area (Å²) in [6.07, 6.45) is 0.0828. The number of sulfonamides is 1. The minimum Gasteiger partial charge on any atom is -0.399 e. The first-order chi connectivity index (χ1) is 17.0. The number of nitrogens with two attached hydrogens (primary N) is 1. The maximum Gasteiger partial charge on any atom is 0.329 e. The molecule has 8 nitrogen and oxygen atoms in total. The maximum absolute atomic E-state index is 14.1. The molecular weight excluding hydrogens is 483 g/mol. The highest BCUT2D eigenvalue weighted by Crippen LogP contribution is 2.22. The third-order valence-electron chi connectivity index (χ3n) is 5.51. The summed E-state index contributed by atoms with van der Waals surface area (Å²) in [5.41, 5.74) is 7.20.